The second-order valence-corrected chi connectivity index (χ2v) is 25.1. The van der Waals surface area contributed by atoms with Crippen molar-refractivity contribution in [3.63, 3.8) is 0 Å². The summed E-state index contributed by atoms with van der Waals surface area (Å²) in [4.78, 5) is 21.9. The van der Waals surface area contributed by atoms with Gasteiger partial charge in [-0.1, -0.05) is 64.5 Å². The van der Waals surface area contributed by atoms with Gasteiger partial charge in [0.2, 0.25) is 0 Å². The number of hydrogen-bond donors (Lipinski definition) is 0. The fourth-order valence-electron chi connectivity index (χ4n) is 6.37. The van der Waals surface area contributed by atoms with E-state index >= 15 is 0 Å². The van der Waals surface area contributed by atoms with E-state index in [-0.39, 0.29) is 0 Å². The number of alkyl halides is 1. The van der Waals surface area contributed by atoms with E-state index < -0.39 is 31.2 Å². The monoisotopic (exact) mass is 1330 g/mol. The standard InChI is InChI=1S/C45H39BrN4O2.4F6P/c46-28-39-25-40(31-49-21-13-44(14-22-49)42-9-17-47(18-10-42)29-35-1-5-37(33-51)6-2-35)27-41(26-39)32-50-23-15-45(16-24-50)43-11-19-48(20-12-43)30-36-3-7-38(34-52)8-4-36;4*1-7(2,3,4,5)6/h1-27,33-34H,28-32H2;;;;/q+4;4*-1. The Morgan fingerprint density at radius 1 is 0.287 bits per heavy atom. The Morgan fingerprint density at radius 2 is 0.463 bits per heavy atom. The maximum Gasteiger partial charge on any atom is 0.173 e. The minimum atomic E-state index is -10.7. The molecular formula is C45H39BrF24N4O2P4. The van der Waals surface area contributed by atoms with Gasteiger partial charge in [0, 0.05) is 87.2 Å². The predicted molar refractivity (Wildman–Crippen MR) is 258 cm³/mol. The number of benzene rings is 3. The van der Waals surface area contributed by atoms with E-state index in [2.05, 4.69) is 151 Å². The topological polar surface area (TPSA) is 49.7 Å². The van der Waals surface area contributed by atoms with Crippen molar-refractivity contribution in [3.8, 4) is 22.3 Å². The summed E-state index contributed by atoms with van der Waals surface area (Å²) in [6.45, 7) is 3.08. The van der Waals surface area contributed by atoms with Crippen molar-refractivity contribution in [2.24, 2.45) is 0 Å². The molecule has 0 radical (unpaired) electrons. The number of nitrogens with zero attached hydrogens (tertiary/aromatic N) is 4. The number of carbonyl (C=O) groups excluding carboxylic acids is 2. The second kappa shape index (κ2) is 21.5. The molecule has 0 unspecified atom stereocenters. The molecule has 6 nitrogen and oxygen atoms in total. The molecule has 0 bridgehead atoms. The number of pyridine rings is 4. The molecule has 7 aromatic rings. The molecule has 0 saturated carbocycles. The van der Waals surface area contributed by atoms with Crippen LogP contribution in [-0.2, 0) is 31.5 Å². The summed E-state index contributed by atoms with van der Waals surface area (Å²) in [5.41, 5.74) is 12.2. The van der Waals surface area contributed by atoms with Gasteiger partial charge in [-0.05, 0) is 46.0 Å². The quantitative estimate of drug-likeness (QED) is 0.0380. The molecule has 7 rings (SSSR count). The zero-order valence-electron chi connectivity index (χ0n) is 39.6. The van der Waals surface area contributed by atoms with Crippen LogP contribution in [0.15, 0.2) is 165 Å². The molecule has 4 aromatic heterocycles. The summed E-state index contributed by atoms with van der Waals surface area (Å²) in [5, 5.41) is 0.803. The van der Waals surface area contributed by atoms with E-state index in [9.17, 15) is 110 Å². The van der Waals surface area contributed by atoms with Gasteiger partial charge < -0.3 is 0 Å². The van der Waals surface area contributed by atoms with Crippen molar-refractivity contribution in [1.82, 2.24) is 0 Å². The molecule has 35 heteroatoms. The first-order valence-electron chi connectivity index (χ1n) is 21.3. The van der Waals surface area contributed by atoms with Crippen LogP contribution in [0.4, 0.5) is 101 Å². The van der Waals surface area contributed by atoms with Gasteiger partial charge in [0.25, 0.3) is 0 Å². The fraction of sp³-hybridized carbons (Fsp3) is 0.111. The van der Waals surface area contributed by atoms with Gasteiger partial charge in [-0.15, -0.1) is 0 Å². The zero-order chi connectivity index (χ0) is 61.3. The Bertz CT molecular complexity index is 2930. The van der Waals surface area contributed by atoms with Crippen LogP contribution in [0.2, 0.25) is 0 Å². The van der Waals surface area contributed by atoms with Crippen molar-refractivity contribution in [2.45, 2.75) is 31.5 Å². The first-order chi connectivity index (χ1) is 35.3. The number of hydrogen-bond acceptors (Lipinski definition) is 2. The second-order valence-electron chi connectivity index (χ2n) is 16.9. The molecule has 3 aromatic carbocycles. The van der Waals surface area contributed by atoms with Crippen LogP contribution in [0.1, 0.15) is 48.5 Å². The van der Waals surface area contributed by atoms with Crippen molar-refractivity contribution in [2.75, 3.05) is 0 Å². The van der Waals surface area contributed by atoms with E-state index in [0.29, 0.717) is 11.1 Å². The molecule has 0 N–H and O–H groups in total. The molecule has 0 aliphatic heterocycles. The maximum atomic E-state index is 10.9. The number of rotatable bonds is 13. The van der Waals surface area contributed by atoms with Crippen molar-refractivity contribution < 1.29 is 129 Å². The molecule has 80 heavy (non-hydrogen) atoms. The fourth-order valence-corrected chi connectivity index (χ4v) is 6.69. The Hall–Kier alpha value is -5.88. The average molecular weight is 1330 g/mol. The summed E-state index contributed by atoms with van der Waals surface area (Å²) in [5.74, 6) is 0. The summed E-state index contributed by atoms with van der Waals surface area (Å²) in [7, 11) is -42.6. The van der Waals surface area contributed by atoms with Gasteiger partial charge in [-0.25, -0.2) is 18.3 Å². The van der Waals surface area contributed by atoms with E-state index in [1.54, 1.807) is 0 Å². The first-order valence-corrected chi connectivity index (χ1v) is 30.6. The minimum Gasteiger partial charge on any atom is -0.298 e. The summed E-state index contributed by atoms with van der Waals surface area (Å²) >= 11 is 3.68. The zero-order valence-corrected chi connectivity index (χ0v) is 44.8. The van der Waals surface area contributed by atoms with Gasteiger partial charge in [-0.3, -0.25) is 9.59 Å². The Balaban J connectivity index is 0.000000492. The molecule has 0 amide bonds. The third-order valence-electron chi connectivity index (χ3n) is 9.19. The van der Waals surface area contributed by atoms with Crippen molar-refractivity contribution in [3.05, 3.63) is 204 Å². The van der Waals surface area contributed by atoms with Crippen LogP contribution in [0.3, 0.4) is 0 Å². The van der Waals surface area contributed by atoms with Gasteiger partial charge in [0.05, 0.1) is 0 Å². The van der Waals surface area contributed by atoms with Gasteiger partial charge >= 0.3 is 132 Å². The molecule has 0 fully saturated rings. The van der Waals surface area contributed by atoms with Gasteiger partial charge in [-0.2, -0.15) is 0 Å². The summed E-state index contributed by atoms with van der Waals surface area (Å²) in [6.07, 6.45) is 18.7. The smallest absolute Gasteiger partial charge is 0.173 e. The summed E-state index contributed by atoms with van der Waals surface area (Å²) in [6, 6.07) is 39.5. The molecule has 446 valence electrons. The van der Waals surface area contributed by atoms with E-state index in [4.69, 9.17) is 0 Å². The van der Waals surface area contributed by atoms with Crippen molar-refractivity contribution >= 4 is 59.7 Å². The van der Waals surface area contributed by atoms with Crippen LogP contribution in [0.5, 0.6) is 0 Å². The van der Waals surface area contributed by atoms with Crippen molar-refractivity contribution in [1.29, 1.82) is 0 Å². The molecule has 0 aliphatic rings. The van der Waals surface area contributed by atoms with Crippen LogP contribution in [0.25, 0.3) is 22.3 Å². The van der Waals surface area contributed by atoms with Gasteiger partial charge in [0.1, 0.15) is 12.6 Å². The Kier molecular flexibility index (Phi) is 18.3. The Labute approximate surface area is 444 Å². The number of aldehydes is 2. The van der Waals surface area contributed by atoms with Crippen LogP contribution in [0, 0.1) is 0 Å². The molecule has 0 spiro atoms. The average Bonchev–Trinajstić information content (AvgIpc) is 3.26. The molecular weight excluding hydrogens is 1290 g/mol. The van der Waals surface area contributed by atoms with Crippen LogP contribution < -0.4 is 18.3 Å². The SMILES string of the molecule is F[P-](F)(F)(F)(F)F.F[P-](F)(F)(F)(F)F.F[P-](F)(F)(F)(F)F.F[P-](F)(F)(F)(F)F.O=Cc1ccc(C[n+]2ccc(-c3cc[n+](Cc4cc(CBr)cc(C[n+]5ccc(-c6cc[n+](Cc7ccc(C=O)cc7)cc6)cc5)c4)cc3)cc2)cc1. The van der Waals surface area contributed by atoms with E-state index in [1.165, 1.54) is 38.9 Å². The first kappa shape index (κ1) is 68.4. The molecule has 4 heterocycles. The van der Waals surface area contributed by atoms with Crippen LogP contribution >= 0.6 is 47.2 Å². The third kappa shape index (κ3) is 39.5. The number of aromatic nitrogens is 4. The van der Waals surface area contributed by atoms with E-state index in [0.717, 1.165) is 55.2 Å². The largest absolute Gasteiger partial charge is 0.298 e. The summed E-state index contributed by atoms with van der Waals surface area (Å²) < 4.78 is 246. The minimum absolute atomic E-state index is 0.693. The number of carbonyl (C=O) groups is 2. The number of halogens is 25. The predicted octanol–water partition coefficient (Wildman–Crippen LogP) is 20.4. The van der Waals surface area contributed by atoms with E-state index in [1.807, 2.05) is 48.5 Å². The maximum absolute atomic E-state index is 10.9. The van der Waals surface area contributed by atoms with Gasteiger partial charge in [0.15, 0.2) is 75.8 Å². The molecule has 0 saturated heterocycles. The Morgan fingerprint density at radius 3 is 0.637 bits per heavy atom. The third-order valence-corrected chi connectivity index (χ3v) is 9.84. The molecule has 0 atom stereocenters. The molecule has 0 aliphatic carbocycles. The normalized spacial score (nSPS) is 15.2. The van der Waals surface area contributed by atoms with Crippen LogP contribution in [-0.4, -0.2) is 12.6 Å².